The lowest BCUT2D eigenvalue weighted by Gasteiger charge is -2.17. The molecule has 1 aromatic carbocycles. The molecular weight excluding hydrogens is 236 g/mol. The minimum atomic E-state index is -2.77. The molecule has 18 heavy (non-hydrogen) atoms. The van der Waals surface area contributed by atoms with Crippen molar-refractivity contribution in [1.82, 2.24) is 5.32 Å². The van der Waals surface area contributed by atoms with E-state index in [1.807, 2.05) is 12.1 Å². The van der Waals surface area contributed by atoms with Crippen LogP contribution in [0.25, 0.3) is 0 Å². The molecule has 1 unspecified atom stereocenters. The molecule has 0 aromatic heterocycles. The lowest BCUT2D eigenvalue weighted by atomic mass is 9.94. The number of hydrogen-bond acceptors (Lipinski definition) is 2. The third-order valence-corrected chi connectivity index (χ3v) is 4.00. The lowest BCUT2D eigenvalue weighted by molar-refractivity contribution is -0.114. The Balaban J connectivity index is 2.10. The van der Waals surface area contributed by atoms with Gasteiger partial charge < -0.3 is 10.1 Å². The van der Waals surface area contributed by atoms with E-state index in [2.05, 4.69) is 5.32 Å². The van der Waals surface area contributed by atoms with Gasteiger partial charge >= 0.3 is 0 Å². The van der Waals surface area contributed by atoms with Crippen molar-refractivity contribution in [3.63, 3.8) is 0 Å². The molecule has 1 aliphatic carbocycles. The fourth-order valence-corrected chi connectivity index (χ4v) is 3.18. The van der Waals surface area contributed by atoms with E-state index >= 15 is 0 Å². The molecule has 1 atom stereocenters. The van der Waals surface area contributed by atoms with Gasteiger partial charge in [-0.05, 0) is 48.2 Å². The molecule has 3 rings (SSSR count). The number of fused-ring (bicyclic) bond motifs is 3. The van der Waals surface area contributed by atoms with Gasteiger partial charge in [0.2, 0.25) is 0 Å². The maximum atomic E-state index is 13.9. The summed E-state index contributed by atoms with van der Waals surface area (Å²) in [5, 5.41) is 3.31. The van der Waals surface area contributed by atoms with E-state index in [4.69, 9.17) is 4.74 Å². The van der Waals surface area contributed by atoms with E-state index in [0.717, 1.165) is 37.1 Å². The van der Waals surface area contributed by atoms with Gasteiger partial charge in [-0.1, -0.05) is 12.1 Å². The molecule has 1 heterocycles. The predicted octanol–water partition coefficient (Wildman–Crippen LogP) is 2.25. The molecule has 0 saturated carbocycles. The largest absolute Gasteiger partial charge is 0.370 e. The first-order valence-corrected chi connectivity index (χ1v) is 6.38. The zero-order valence-corrected chi connectivity index (χ0v) is 10.4. The van der Waals surface area contributed by atoms with Crippen molar-refractivity contribution in [1.29, 1.82) is 0 Å². The summed E-state index contributed by atoms with van der Waals surface area (Å²) in [5.41, 5.74) is 3.85. The fourth-order valence-electron chi connectivity index (χ4n) is 3.18. The maximum Gasteiger partial charge on any atom is 0.281 e. The molecule has 4 heteroatoms. The Morgan fingerprint density at radius 1 is 1.22 bits per heavy atom. The van der Waals surface area contributed by atoms with Crippen LogP contribution in [0.5, 0.6) is 0 Å². The number of halogens is 2. The van der Waals surface area contributed by atoms with Crippen LogP contribution in [-0.2, 0) is 24.0 Å². The van der Waals surface area contributed by atoms with Crippen LogP contribution in [0.4, 0.5) is 8.78 Å². The first kappa shape index (κ1) is 12.1. The molecule has 1 aromatic rings. The van der Waals surface area contributed by atoms with Gasteiger partial charge in [0.05, 0.1) is 0 Å². The number of ether oxygens (including phenoxy) is 1. The minimum absolute atomic E-state index is 0.177. The van der Waals surface area contributed by atoms with Gasteiger partial charge in [-0.2, -0.15) is 0 Å². The Kier molecular flexibility index (Phi) is 2.87. The lowest BCUT2D eigenvalue weighted by Crippen LogP contribution is -2.23. The third kappa shape index (κ3) is 1.75. The molecule has 0 radical (unpaired) electrons. The Bertz CT molecular complexity index is 473. The van der Waals surface area contributed by atoms with Crippen LogP contribution in [0, 0.1) is 0 Å². The Morgan fingerprint density at radius 2 is 2.00 bits per heavy atom. The summed E-state index contributed by atoms with van der Waals surface area (Å²) >= 11 is 0. The van der Waals surface area contributed by atoms with Gasteiger partial charge in [0, 0.05) is 13.5 Å². The molecular formula is C14H17F2NO. The van der Waals surface area contributed by atoms with Crippen molar-refractivity contribution in [3.05, 3.63) is 34.4 Å². The molecule has 98 valence electrons. The number of benzene rings is 1. The predicted molar refractivity (Wildman–Crippen MR) is 65.1 cm³/mol. The van der Waals surface area contributed by atoms with Crippen molar-refractivity contribution in [3.8, 4) is 0 Å². The van der Waals surface area contributed by atoms with Gasteiger partial charge in [-0.15, -0.1) is 0 Å². The van der Waals surface area contributed by atoms with Crippen molar-refractivity contribution in [2.24, 2.45) is 0 Å². The van der Waals surface area contributed by atoms with Crippen molar-refractivity contribution < 1.29 is 13.5 Å². The molecule has 0 fully saturated rings. The number of rotatable bonds is 1. The van der Waals surface area contributed by atoms with E-state index < -0.39 is 12.0 Å². The fraction of sp³-hybridized carbons (Fsp3) is 0.571. The van der Waals surface area contributed by atoms with Crippen LogP contribution >= 0.6 is 0 Å². The average Bonchev–Trinajstić information content (AvgIpc) is 2.51. The number of nitrogens with one attached hydrogen (secondary N) is 1. The van der Waals surface area contributed by atoms with Crippen LogP contribution in [0.1, 0.15) is 28.4 Å². The van der Waals surface area contributed by atoms with Crippen LogP contribution < -0.4 is 5.32 Å². The van der Waals surface area contributed by atoms with Crippen molar-refractivity contribution in [2.45, 2.75) is 31.3 Å². The standard InChI is InChI=1S/C14H17F2NO/c1-18-13-11-3-2-9-4-6-17-7-5-10(9)12(11)8-14(13,15)16/h2-3,13,17H,4-8H2,1H3. The minimum Gasteiger partial charge on any atom is -0.370 e. The Labute approximate surface area is 105 Å². The highest BCUT2D eigenvalue weighted by molar-refractivity contribution is 5.47. The van der Waals surface area contributed by atoms with Crippen LogP contribution in [-0.4, -0.2) is 26.1 Å². The molecule has 2 aliphatic rings. The SMILES string of the molecule is COC1c2ccc3c(c2CC1(F)F)CCNCC3. The second-order valence-electron chi connectivity index (χ2n) is 5.07. The van der Waals surface area contributed by atoms with E-state index in [0.29, 0.717) is 5.56 Å². The van der Waals surface area contributed by atoms with E-state index in [9.17, 15) is 8.78 Å². The zero-order chi connectivity index (χ0) is 12.8. The molecule has 1 aliphatic heterocycles. The molecule has 1 N–H and O–H groups in total. The summed E-state index contributed by atoms with van der Waals surface area (Å²) in [5.74, 6) is -2.77. The first-order valence-electron chi connectivity index (χ1n) is 6.38. The second-order valence-corrected chi connectivity index (χ2v) is 5.07. The number of hydrogen-bond donors (Lipinski definition) is 1. The molecule has 0 spiro atoms. The monoisotopic (exact) mass is 253 g/mol. The molecule has 0 saturated heterocycles. The number of methoxy groups -OCH3 is 1. The summed E-state index contributed by atoms with van der Waals surface area (Å²) in [7, 11) is 1.36. The van der Waals surface area contributed by atoms with Crippen LogP contribution in [0.2, 0.25) is 0 Å². The third-order valence-electron chi connectivity index (χ3n) is 4.00. The van der Waals surface area contributed by atoms with Crippen LogP contribution in [0.3, 0.4) is 0 Å². The van der Waals surface area contributed by atoms with Gasteiger partial charge in [-0.25, -0.2) is 8.78 Å². The highest BCUT2D eigenvalue weighted by atomic mass is 19.3. The van der Waals surface area contributed by atoms with Gasteiger partial charge in [-0.3, -0.25) is 0 Å². The smallest absolute Gasteiger partial charge is 0.281 e. The first-order chi connectivity index (χ1) is 8.63. The maximum absolute atomic E-state index is 13.9. The second kappa shape index (κ2) is 4.28. The highest BCUT2D eigenvalue weighted by Crippen LogP contribution is 2.47. The molecule has 0 amide bonds. The molecule has 0 bridgehead atoms. The zero-order valence-electron chi connectivity index (χ0n) is 10.4. The molecule has 2 nitrogen and oxygen atoms in total. The number of alkyl halides is 2. The van der Waals surface area contributed by atoms with Crippen molar-refractivity contribution >= 4 is 0 Å². The Morgan fingerprint density at radius 3 is 2.78 bits per heavy atom. The van der Waals surface area contributed by atoms with Crippen molar-refractivity contribution in [2.75, 3.05) is 20.2 Å². The average molecular weight is 253 g/mol. The normalized spacial score (nSPS) is 25.4. The summed E-state index contributed by atoms with van der Waals surface area (Å²) in [6, 6.07) is 3.82. The summed E-state index contributed by atoms with van der Waals surface area (Å²) in [6.45, 7) is 1.79. The van der Waals surface area contributed by atoms with Crippen LogP contribution in [0.15, 0.2) is 12.1 Å². The van der Waals surface area contributed by atoms with Gasteiger partial charge in [0.1, 0.15) is 6.10 Å². The summed E-state index contributed by atoms with van der Waals surface area (Å²) in [6.07, 6.45) is 0.509. The van der Waals surface area contributed by atoms with E-state index in [1.165, 1.54) is 12.7 Å². The Hall–Kier alpha value is -1.00. The van der Waals surface area contributed by atoms with E-state index in [-0.39, 0.29) is 6.42 Å². The van der Waals surface area contributed by atoms with E-state index in [1.54, 1.807) is 0 Å². The van der Waals surface area contributed by atoms with Gasteiger partial charge in [0.15, 0.2) is 0 Å². The quantitative estimate of drug-likeness (QED) is 0.829. The highest BCUT2D eigenvalue weighted by Gasteiger charge is 2.49. The summed E-state index contributed by atoms with van der Waals surface area (Å²) < 4.78 is 32.9. The topological polar surface area (TPSA) is 21.3 Å². The van der Waals surface area contributed by atoms with Gasteiger partial charge in [0.25, 0.3) is 5.92 Å². The summed E-state index contributed by atoms with van der Waals surface area (Å²) in [4.78, 5) is 0.